The molecule has 2 rings (SSSR count). The number of H-pyrrole nitrogens is 1. The lowest BCUT2D eigenvalue weighted by Gasteiger charge is -2.07. The van der Waals surface area contributed by atoms with Crippen molar-refractivity contribution in [2.45, 2.75) is 24.7 Å². The van der Waals surface area contributed by atoms with Crippen LogP contribution in [0.2, 0.25) is 0 Å². The van der Waals surface area contributed by atoms with Gasteiger partial charge in [0.15, 0.2) is 5.82 Å². The van der Waals surface area contributed by atoms with Gasteiger partial charge in [-0.2, -0.15) is 5.10 Å². The summed E-state index contributed by atoms with van der Waals surface area (Å²) in [5, 5.41) is 6.54. The number of nitrogen functional groups attached to an aromatic ring is 1. The Bertz CT molecular complexity index is 725. The molecule has 108 valence electrons. The first-order valence-corrected chi connectivity index (χ1v) is 7.41. The van der Waals surface area contributed by atoms with Crippen molar-refractivity contribution in [3.8, 4) is 0 Å². The quantitative estimate of drug-likeness (QED) is 0.752. The maximum absolute atomic E-state index is 13.6. The average Bonchev–Trinajstić information content (AvgIpc) is 2.80. The minimum atomic E-state index is -4.07. The monoisotopic (exact) mass is 298 g/mol. The molecular weight excluding hydrogens is 283 g/mol. The van der Waals surface area contributed by atoms with Crippen molar-refractivity contribution in [2.24, 2.45) is 0 Å². The normalized spacial score (nSPS) is 11.8. The van der Waals surface area contributed by atoms with E-state index >= 15 is 0 Å². The Morgan fingerprint density at radius 1 is 1.35 bits per heavy atom. The summed E-state index contributed by atoms with van der Waals surface area (Å²) in [6, 6.07) is 4.92. The second-order valence-electron chi connectivity index (χ2n) is 4.66. The Hall–Kier alpha value is -2.09. The predicted molar refractivity (Wildman–Crippen MR) is 74.3 cm³/mol. The van der Waals surface area contributed by atoms with Crippen molar-refractivity contribution >= 4 is 21.5 Å². The van der Waals surface area contributed by atoms with Crippen molar-refractivity contribution in [3.05, 3.63) is 35.8 Å². The lowest BCUT2D eigenvalue weighted by atomic mass is 10.1. The van der Waals surface area contributed by atoms with Gasteiger partial charge in [0.2, 0.25) is 0 Å². The summed E-state index contributed by atoms with van der Waals surface area (Å²) >= 11 is 0. The first-order chi connectivity index (χ1) is 9.29. The van der Waals surface area contributed by atoms with E-state index in [1.165, 1.54) is 6.07 Å². The van der Waals surface area contributed by atoms with Gasteiger partial charge < -0.3 is 5.73 Å². The number of nitrogens with two attached hydrogens (primary N) is 1. The number of hydrogen-bond donors (Lipinski definition) is 3. The molecule has 1 aromatic carbocycles. The predicted octanol–water partition coefficient (Wildman–Crippen LogP) is 2.06. The molecule has 0 atom stereocenters. The molecule has 0 amide bonds. The van der Waals surface area contributed by atoms with E-state index in [1.54, 1.807) is 6.07 Å². The lowest BCUT2D eigenvalue weighted by molar-refractivity contribution is 0.570. The number of aromatic nitrogens is 2. The van der Waals surface area contributed by atoms with Crippen LogP contribution in [0.3, 0.4) is 0 Å². The van der Waals surface area contributed by atoms with Crippen LogP contribution in [0.15, 0.2) is 29.2 Å². The zero-order chi connectivity index (χ0) is 14.9. The van der Waals surface area contributed by atoms with Crippen LogP contribution in [-0.4, -0.2) is 18.6 Å². The van der Waals surface area contributed by atoms with Gasteiger partial charge in [0, 0.05) is 17.4 Å². The number of nitrogens with zero attached hydrogens (tertiary/aromatic N) is 1. The maximum Gasteiger partial charge on any atom is 0.266 e. The standard InChI is InChI=1S/C12H15FN4O2S/c1-7(2)10-6-12(16-15-10)17-20(18,19)11-5-8(14)3-4-9(11)13/h3-7H,14H2,1-2H3,(H2,15,16,17). The molecule has 6 nitrogen and oxygen atoms in total. The summed E-state index contributed by atoms with van der Waals surface area (Å²) in [4.78, 5) is -0.508. The van der Waals surface area contributed by atoms with Crippen molar-refractivity contribution < 1.29 is 12.8 Å². The van der Waals surface area contributed by atoms with E-state index in [0.717, 1.165) is 17.8 Å². The summed E-state index contributed by atoms with van der Waals surface area (Å²) in [5.41, 5.74) is 6.42. The van der Waals surface area contributed by atoms with Crippen LogP contribution in [0.4, 0.5) is 15.9 Å². The van der Waals surface area contributed by atoms with E-state index in [1.807, 2.05) is 13.8 Å². The molecule has 8 heteroatoms. The summed E-state index contributed by atoms with van der Waals surface area (Å²) in [6.45, 7) is 3.87. The summed E-state index contributed by atoms with van der Waals surface area (Å²) in [7, 11) is -4.07. The Morgan fingerprint density at radius 3 is 2.65 bits per heavy atom. The molecule has 0 aliphatic heterocycles. The van der Waals surface area contributed by atoms with Gasteiger partial charge >= 0.3 is 0 Å². The summed E-state index contributed by atoms with van der Waals surface area (Å²) in [5.74, 6) is -0.591. The Labute approximate surface area is 116 Å². The molecule has 0 unspecified atom stereocenters. The van der Waals surface area contributed by atoms with E-state index < -0.39 is 20.7 Å². The molecule has 0 saturated heterocycles. The van der Waals surface area contributed by atoms with Crippen molar-refractivity contribution in [3.63, 3.8) is 0 Å². The highest BCUT2D eigenvalue weighted by molar-refractivity contribution is 7.92. The van der Waals surface area contributed by atoms with Gasteiger partial charge in [0.05, 0.1) is 0 Å². The van der Waals surface area contributed by atoms with E-state index in [0.29, 0.717) is 0 Å². The van der Waals surface area contributed by atoms with Crippen LogP contribution in [0, 0.1) is 5.82 Å². The molecule has 0 aliphatic carbocycles. The van der Waals surface area contributed by atoms with Crippen LogP contribution < -0.4 is 10.5 Å². The smallest absolute Gasteiger partial charge is 0.266 e. The van der Waals surface area contributed by atoms with Crippen LogP contribution in [0.1, 0.15) is 25.5 Å². The molecule has 0 saturated carbocycles. The second kappa shape index (κ2) is 5.12. The third-order valence-corrected chi connectivity index (χ3v) is 4.07. The van der Waals surface area contributed by atoms with Gasteiger partial charge in [-0.15, -0.1) is 0 Å². The molecule has 0 spiro atoms. The average molecular weight is 298 g/mol. The number of hydrogen-bond acceptors (Lipinski definition) is 4. The maximum atomic E-state index is 13.6. The minimum absolute atomic E-state index is 0.107. The fraction of sp³-hybridized carbons (Fsp3) is 0.250. The van der Waals surface area contributed by atoms with Crippen molar-refractivity contribution in [2.75, 3.05) is 10.5 Å². The van der Waals surface area contributed by atoms with E-state index in [9.17, 15) is 12.8 Å². The summed E-state index contributed by atoms with van der Waals surface area (Å²) < 4.78 is 40.0. The number of sulfonamides is 1. The van der Waals surface area contributed by atoms with Crippen LogP contribution in [0.5, 0.6) is 0 Å². The minimum Gasteiger partial charge on any atom is -0.399 e. The van der Waals surface area contributed by atoms with E-state index in [-0.39, 0.29) is 17.4 Å². The molecule has 0 fully saturated rings. The van der Waals surface area contributed by atoms with Crippen LogP contribution in [0.25, 0.3) is 0 Å². The number of aromatic amines is 1. The largest absolute Gasteiger partial charge is 0.399 e. The molecule has 1 heterocycles. The Balaban J connectivity index is 2.33. The second-order valence-corrected chi connectivity index (χ2v) is 6.31. The van der Waals surface area contributed by atoms with Gasteiger partial charge in [0.1, 0.15) is 10.7 Å². The third-order valence-electron chi connectivity index (χ3n) is 2.70. The first kappa shape index (κ1) is 14.3. The first-order valence-electron chi connectivity index (χ1n) is 5.93. The number of rotatable bonds is 4. The number of nitrogens with one attached hydrogen (secondary N) is 2. The van der Waals surface area contributed by atoms with Crippen LogP contribution >= 0.6 is 0 Å². The fourth-order valence-electron chi connectivity index (χ4n) is 1.60. The molecule has 1 aromatic heterocycles. The van der Waals surface area contributed by atoms with Gasteiger partial charge in [-0.1, -0.05) is 13.8 Å². The van der Waals surface area contributed by atoms with Gasteiger partial charge in [-0.25, -0.2) is 12.8 Å². The van der Waals surface area contributed by atoms with Crippen molar-refractivity contribution in [1.82, 2.24) is 10.2 Å². The molecule has 0 aliphatic rings. The molecular formula is C12H15FN4O2S. The van der Waals surface area contributed by atoms with Gasteiger partial charge in [0.25, 0.3) is 10.0 Å². The van der Waals surface area contributed by atoms with Gasteiger partial charge in [-0.05, 0) is 24.1 Å². The highest BCUT2D eigenvalue weighted by Crippen LogP contribution is 2.21. The zero-order valence-electron chi connectivity index (χ0n) is 11.0. The van der Waals surface area contributed by atoms with E-state index in [2.05, 4.69) is 14.9 Å². The van der Waals surface area contributed by atoms with Crippen LogP contribution in [-0.2, 0) is 10.0 Å². The van der Waals surface area contributed by atoms with E-state index in [4.69, 9.17) is 5.73 Å². The molecule has 4 N–H and O–H groups in total. The van der Waals surface area contributed by atoms with Crippen molar-refractivity contribution in [1.29, 1.82) is 0 Å². The molecule has 0 radical (unpaired) electrons. The number of benzene rings is 1. The Morgan fingerprint density at radius 2 is 2.05 bits per heavy atom. The SMILES string of the molecule is CC(C)c1cc(NS(=O)(=O)c2cc(N)ccc2F)n[nH]1. The summed E-state index contributed by atoms with van der Waals surface area (Å²) in [6.07, 6.45) is 0. The lowest BCUT2D eigenvalue weighted by Crippen LogP contribution is -2.15. The highest BCUT2D eigenvalue weighted by atomic mass is 32.2. The topological polar surface area (TPSA) is 101 Å². The third kappa shape index (κ3) is 2.90. The molecule has 20 heavy (non-hydrogen) atoms. The highest BCUT2D eigenvalue weighted by Gasteiger charge is 2.21. The number of halogens is 1. The van der Waals surface area contributed by atoms with Gasteiger partial charge in [-0.3, -0.25) is 9.82 Å². The fourth-order valence-corrected chi connectivity index (χ4v) is 2.71. The number of anilines is 2. The zero-order valence-corrected chi connectivity index (χ0v) is 11.8. The molecule has 0 bridgehead atoms. The molecule has 2 aromatic rings. The Kier molecular flexibility index (Phi) is 3.67.